The Balaban J connectivity index is 1.92. The van der Waals surface area contributed by atoms with Crippen molar-refractivity contribution in [3.63, 3.8) is 0 Å². The lowest BCUT2D eigenvalue weighted by Crippen LogP contribution is -2.46. The lowest BCUT2D eigenvalue weighted by Gasteiger charge is -2.26. The molecule has 0 bridgehead atoms. The minimum Gasteiger partial charge on any atom is -0.493 e. The van der Waals surface area contributed by atoms with Gasteiger partial charge in [0, 0.05) is 32.7 Å². The van der Waals surface area contributed by atoms with E-state index < -0.39 is 10.0 Å². The van der Waals surface area contributed by atoms with Gasteiger partial charge in [0.2, 0.25) is 15.9 Å². The van der Waals surface area contributed by atoms with Gasteiger partial charge in [-0.3, -0.25) is 9.69 Å². The third-order valence-corrected chi connectivity index (χ3v) is 6.10. The van der Waals surface area contributed by atoms with Crippen LogP contribution in [-0.4, -0.2) is 76.2 Å². The summed E-state index contributed by atoms with van der Waals surface area (Å²) in [7, 11) is -0.0459. The standard InChI is InChI=1S/C18H29N3O5S/c1-14(20-8-5-9-21(11-10-20)27(4,23)24)18(22)19-13-15-6-7-16(25-2)17(12-15)26-3/h6-7,12,14H,5,8-11,13H2,1-4H3,(H,19,22)/t14-/m1/s1. The molecule has 152 valence electrons. The van der Waals surface area contributed by atoms with Crippen molar-refractivity contribution in [2.75, 3.05) is 46.7 Å². The van der Waals surface area contributed by atoms with E-state index >= 15 is 0 Å². The van der Waals surface area contributed by atoms with Crippen molar-refractivity contribution in [3.8, 4) is 11.5 Å². The van der Waals surface area contributed by atoms with E-state index in [-0.39, 0.29) is 11.9 Å². The average Bonchev–Trinajstić information content (AvgIpc) is 2.91. The van der Waals surface area contributed by atoms with Crippen LogP contribution in [0, 0.1) is 0 Å². The zero-order valence-corrected chi connectivity index (χ0v) is 17.2. The Morgan fingerprint density at radius 1 is 1.15 bits per heavy atom. The van der Waals surface area contributed by atoms with Gasteiger partial charge in [-0.15, -0.1) is 0 Å². The maximum Gasteiger partial charge on any atom is 0.237 e. The summed E-state index contributed by atoms with van der Waals surface area (Å²) < 4.78 is 35.4. The molecule has 0 radical (unpaired) electrons. The highest BCUT2D eigenvalue weighted by Crippen LogP contribution is 2.27. The molecule has 9 heteroatoms. The van der Waals surface area contributed by atoms with Gasteiger partial charge in [-0.2, -0.15) is 0 Å². The van der Waals surface area contributed by atoms with Crippen molar-refractivity contribution in [1.29, 1.82) is 0 Å². The predicted molar refractivity (Wildman–Crippen MR) is 103 cm³/mol. The molecule has 1 atom stereocenters. The number of carbonyl (C=O) groups is 1. The van der Waals surface area contributed by atoms with Crippen LogP contribution in [0.4, 0.5) is 0 Å². The summed E-state index contributed by atoms with van der Waals surface area (Å²) >= 11 is 0. The van der Waals surface area contributed by atoms with Crippen LogP contribution < -0.4 is 14.8 Å². The number of sulfonamides is 1. The first-order chi connectivity index (χ1) is 12.8. The third kappa shape index (κ3) is 5.82. The fourth-order valence-electron chi connectivity index (χ4n) is 3.13. The molecule has 2 rings (SSSR count). The van der Waals surface area contributed by atoms with Gasteiger partial charge < -0.3 is 14.8 Å². The van der Waals surface area contributed by atoms with Crippen molar-refractivity contribution < 1.29 is 22.7 Å². The van der Waals surface area contributed by atoms with E-state index in [0.717, 1.165) is 5.56 Å². The van der Waals surface area contributed by atoms with Crippen LogP contribution in [0.1, 0.15) is 18.9 Å². The molecular formula is C18H29N3O5S. The number of carbonyl (C=O) groups excluding carboxylic acids is 1. The molecule has 0 unspecified atom stereocenters. The number of hydrogen-bond donors (Lipinski definition) is 1. The summed E-state index contributed by atoms with van der Waals surface area (Å²) in [6, 6.07) is 5.19. The van der Waals surface area contributed by atoms with Gasteiger partial charge in [-0.05, 0) is 31.0 Å². The molecule has 1 amide bonds. The second-order valence-electron chi connectivity index (χ2n) is 6.63. The Kier molecular flexibility index (Phi) is 7.46. The lowest BCUT2D eigenvalue weighted by atomic mass is 10.2. The van der Waals surface area contributed by atoms with Crippen molar-refractivity contribution in [2.24, 2.45) is 0 Å². The maximum absolute atomic E-state index is 12.5. The molecule has 1 N–H and O–H groups in total. The fourth-order valence-corrected chi connectivity index (χ4v) is 4.00. The predicted octanol–water partition coefficient (Wildman–Crippen LogP) is 0.676. The molecule has 1 aliphatic rings. The summed E-state index contributed by atoms with van der Waals surface area (Å²) in [6.45, 7) is 4.36. The number of nitrogens with one attached hydrogen (secondary N) is 1. The van der Waals surface area contributed by atoms with E-state index in [2.05, 4.69) is 5.32 Å². The van der Waals surface area contributed by atoms with Crippen LogP contribution in [0.25, 0.3) is 0 Å². The first kappa shape index (κ1) is 21.5. The number of nitrogens with zero attached hydrogens (tertiary/aromatic N) is 2. The highest BCUT2D eigenvalue weighted by molar-refractivity contribution is 7.88. The molecule has 1 heterocycles. The third-order valence-electron chi connectivity index (χ3n) is 4.80. The SMILES string of the molecule is COc1ccc(CNC(=O)[C@@H](C)N2CCCN(S(C)(=O)=O)CC2)cc1OC. The number of hydrogen-bond acceptors (Lipinski definition) is 6. The Labute approximate surface area is 161 Å². The monoisotopic (exact) mass is 399 g/mol. The molecule has 0 saturated carbocycles. The molecule has 0 aromatic heterocycles. The van der Waals surface area contributed by atoms with E-state index in [0.29, 0.717) is 50.6 Å². The van der Waals surface area contributed by atoms with Crippen molar-refractivity contribution in [1.82, 2.24) is 14.5 Å². The van der Waals surface area contributed by atoms with Gasteiger partial charge in [-0.1, -0.05) is 6.07 Å². The van der Waals surface area contributed by atoms with E-state index in [4.69, 9.17) is 9.47 Å². The van der Waals surface area contributed by atoms with Gasteiger partial charge in [0.1, 0.15) is 0 Å². The first-order valence-corrected chi connectivity index (χ1v) is 10.8. The zero-order valence-electron chi connectivity index (χ0n) is 16.4. The fraction of sp³-hybridized carbons (Fsp3) is 0.611. The minimum atomic E-state index is -3.19. The Morgan fingerprint density at radius 2 is 1.85 bits per heavy atom. The first-order valence-electron chi connectivity index (χ1n) is 8.94. The summed E-state index contributed by atoms with van der Waals surface area (Å²) in [5.41, 5.74) is 0.910. The Bertz CT molecular complexity index is 753. The van der Waals surface area contributed by atoms with Crippen LogP contribution in [-0.2, 0) is 21.4 Å². The van der Waals surface area contributed by atoms with Gasteiger partial charge in [0.15, 0.2) is 11.5 Å². The molecule has 27 heavy (non-hydrogen) atoms. The molecule has 1 aliphatic heterocycles. The topological polar surface area (TPSA) is 88.2 Å². The number of benzene rings is 1. The number of methoxy groups -OCH3 is 2. The number of amides is 1. The molecule has 1 fully saturated rings. The molecule has 0 aliphatic carbocycles. The van der Waals surface area contributed by atoms with Gasteiger partial charge in [-0.25, -0.2) is 12.7 Å². The van der Waals surface area contributed by atoms with Crippen LogP contribution in [0.2, 0.25) is 0 Å². The zero-order chi connectivity index (χ0) is 20.0. The molecule has 1 aromatic rings. The van der Waals surface area contributed by atoms with Crippen molar-refractivity contribution >= 4 is 15.9 Å². The molecule has 8 nitrogen and oxygen atoms in total. The smallest absolute Gasteiger partial charge is 0.237 e. The highest BCUT2D eigenvalue weighted by atomic mass is 32.2. The summed E-state index contributed by atoms with van der Waals surface area (Å²) in [6.07, 6.45) is 1.93. The maximum atomic E-state index is 12.5. The largest absolute Gasteiger partial charge is 0.493 e. The lowest BCUT2D eigenvalue weighted by molar-refractivity contribution is -0.126. The highest BCUT2D eigenvalue weighted by Gasteiger charge is 2.26. The molecule has 0 spiro atoms. The number of rotatable bonds is 7. The molecular weight excluding hydrogens is 370 g/mol. The quantitative estimate of drug-likeness (QED) is 0.725. The summed E-state index contributed by atoms with van der Waals surface area (Å²) in [5, 5.41) is 2.94. The normalized spacial score (nSPS) is 17.8. The van der Waals surface area contributed by atoms with Crippen molar-refractivity contribution in [3.05, 3.63) is 23.8 Å². The minimum absolute atomic E-state index is 0.0856. The second-order valence-corrected chi connectivity index (χ2v) is 8.62. The van der Waals surface area contributed by atoms with Gasteiger partial charge in [0.25, 0.3) is 0 Å². The van der Waals surface area contributed by atoms with Crippen LogP contribution in [0.15, 0.2) is 18.2 Å². The molecule has 1 saturated heterocycles. The van der Waals surface area contributed by atoms with E-state index in [1.807, 2.05) is 24.0 Å². The van der Waals surface area contributed by atoms with Gasteiger partial charge in [0.05, 0.1) is 26.5 Å². The Hall–Kier alpha value is -1.84. The second kappa shape index (κ2) is 9.38. The average molecular weight is 400 g/mol. The van der Waals surface area contributed by atoms with Crippen molar-refractivity contribution in [2.45, 2.75) is 25.9 Å². The van der Waals surface area contributed by atoms with E-state index in [1.165, 1.54) is 10.6 Å². The van der Waals surface area contributed by atoms with Crippen LogP contribution >= 0.6 is 0 Å². The molecule has 1 aromatic carbocycles. The summed E-state index contributed by atoms with van der Waals surface area (Å²) in [4.78, 5) is 14.6. The van der Waals surface area contributed by atoms with Gasteiger partial charge >= 0.3 is 0 Å². The van der Waals surface area contributed by atoms with E-state index in [9.17, 15) is 13.2 Å². The van der Waals surface area contributed by atoms with Crippen LogP contribution in [0.5, 0.6) is 11.5 Å². The van der Waals surface area contributed by atoms with Crippen LogP contribution in [0.3, 0.4) is 0 Å². The Morgan fingerprint density at radius 3 is 2.48 bits per heavy atom. The van der Waals surface area contributed by atoms with E-state index in [1.54, 1.807) is 20.3 Å². The summed E-state index contributed by atoms with van der Waals surface area (Å²) in [5.74, 6) is 1.17. The number of ether oxygens (including phenoxy) is 2.